The Kier molecular flexibility index (Phi) is 3.92. The minimum Gasteiger partial charge on any atom is -0.478 e. The van der Waals surface area contributed by atoms with Gasteiger partial charge in [0.15, 0.2) is 5.82 Å². The average Bonchev–Trinajstić information content (AvgIpc) is 2.85. The maximum atomic E-state index is 14.7. The van der Waals surface area contributed by atoms with Crippen LogP contribution in [-0.2, 0) is 7.05 Å². The van der Waals surface area contributed by atoms with Crippen LogP contribution in [0.4, 0.5) is 20.2 Å². The number of nitrogens with zero attached hydrogens (tertiary/aromatic N) is 2. The highest BCUT2D eigenvalue weighted by molar-refractivity contribution is 14.1. The summed E-state index contributed by atoms with van der Waals surface area (Å²) in [6.07, 6.45) is 1.38. The van der Waals surface area contributed by atoms with Crippen LogP contribution in [0.5, 0.6) is 0 Å². The van der Waals surface area contributed by atoms with Crippen LogP contribution in [-0.4, -0.2) is 20.6 Å². The Morgan fingerprint density at radius 2 is 2.09 bits per heavy atom. The zero-order valence-corrected chi connectivity index (χ0v) is 13.9. The first kappa shape index (κ1) is 15.7. The standard InChI is InChI=1S/C15H10F2IN3O2/c1-21-6-19-14-11(21)5-8(15(22)23)13(12(14)17)20-10-3-2-7(18)4-9(10)16/h2-6,20H,1H3,(H,22,23). The summed E-state index contributed by atoms with van der Waals surface area (Å²) < 4.78 is 30.8. The monoisotopic (exact) mass is 429 g/mol. The molecule has 23 heavy (non-hydrogen) atoms. The van der Waals surface area contributed by atoms with E-state index in [0.29, 0.717) is 9.09 Å². The molecule has 2 N–H and O–H groups in total. The second-order valence-electron chi connectivity index (χ2n) is 4.89. The Hall–Kier alpha value is -2.23. The Labute approximate surface area is 143 Å². The van der Waals surface area contributed by atoms with Crippen molar-refractivity contribution < 1.29 is 18.7 Å². The molecule has 0 aliphatic rings. The number of carboxylic acids is 1. The zero-order valence-electron chi connectivity index (χ0n) is 11.8. The molecule has 0 aliphatic carbocycles. The molecule has 0 fully saturated rings. The molecule has 1 aromatic heterocycles. The second kappa shape index (κ2) is 5.76. The Bertz CT molecular complexity index is 940. The van der Waals surface area contributed by atoms with Crippen LogP contribution < -0.4 is 5.32 Å². The van der Waals surface area contributed by atoms with E-state index in [1.165, 1.54) is 29.1 Å². The van der Waals surface area contributed by atoms with Gasteiger partial charge in [0.2, 0.25) is 0 Å². The zero-order chi connectivity index (χ0) is 16.7. The number of nitrogens with one attached hydrogen (secondary N) is 1. The summed E-state index contributed by atoms with van der Waals surface area (Å²) >= 11 is 1.94. The van der Waals surface area contributed by atoms with E-state index in [-0.39, 0.29) is 22.5 Å². The van der Waals surface area contributed by atoms with Crippen molar-refractivity contribution >= 4 is 51.0 Å². The number of imidazole rings is 1. The summed E-state index contributed by atoms with van der Waals surface area (Å²) in [5, 5.41) is 11.9. The quantitative estimate of drug-likeness (QED) is 0.620. The van der Waals surface area contributed by atoms with Crippen molar-refractivity contribution in [2.24, 2.45) is 7.05 Å². The largest absolute Gasteiger partial charge is 0.478 e. The van der Waals surface area contributed by atoms with Gasteiger partial charge >= 0.3 is 5.97 Å². The molecule has 0 aliphatic heterocycles. The van der Waals surface area contributed by atoms with Gasteiger partial charge in [-0.15, -0.1) is 0 Å². The van der Waals surface area contributed by atoms with E-state index >= 15 is 0 Å². The van der Waals surface area contributed by atoms with Crippen LogP contribution in [0, 0.1) is 15.2 Å². The molecule has 0 unspecified atom stereocenters. The number of halogens is 3. The van der Waals surface area contributed by atoms with E-state index in [4.69, 9.17) is 0 Å². The number of rotatable bonds is 3. The second-order valence-corrected chi connectivity index (χ2v) is 6.14. The maximum Gasteiger partial charge on any atom is 0.338 e. The van der Waals surface area contributed by atoms with Crippen molar-refractivity contribution in [3.8, 4) is 0 Å². The Morgan fingerprint density at radius 3 is 2.74 bits per heavy atom. The number of anilines is 2. The predicted octanol–water partition coefficient (Wildman–Crippen LogP) is 3.90. The SMILES string of the molecule is Cn1cnc2c(F)c(Nc3ccc(I)cc3F)c(C(=O)O)cc21. The van der Waals surface area contributed by atoms with Crippen molar-refractivity contribution in [1.29, 1.82) is 0 Å². The molecule has 8 heteroatoms. The number of fused-ring (bicyclic) bond motifs is 1. The number of aromatic nitrogens is 2. The summed E-state index contributed by atoms with van der Waals surface area (Å²) in [6, 6.07) is 5.62. The molecule has 3 rings (SSSR count). The van der Waals surface area contributed by atoms with Crippen molar-refractivity contribution in [2.75, 3.05) is 5.32 Å². The fourth-order valence-electron chi connectivity index (χ4n) is 2.24. The first-order chi connectivity index (χ1) is 10.9. The first-order valence-electron chi connectivity index (χ1n) is 6.47. The molecule has 0 bridgehead atoms. The highest BCUT2D eigenvalue weighted by Gasteiger charge is 2.21. The van der Waals surface area contributed by atoms with E-state index in [9.17, 15) is 18.7 Å². The van der Waals surface area contributed by atoms with Crippen LogP contribution in [0.2, 0.25) is 0 Å². The fourth-order valence-corrected chi connectivity index (χ4v) is 2.69. The number of aryl methyl sites for hydroxylation is 1. The van der Waals surface area contributed by atoms with E-state index < -0.39 is 17.6 Å². The van der Waals surface area contributed by atoms with Crippen LogP contribution >= 0.6 is 22.6 Å². The summed E-state index contributed by atoms with van der Waals surface area (Å²) in [4.78, 5) is 15.4. The minimum absolute atomic E-state index is 0.0119. The molecular weight excluding hydrogens is 419 g/mol. The van der Waals surface area contributed by atoms with Gasteiger partial charge in [0.1, 0.15) is 11.3 Å². The van der Waals surface area contributed by atoms with Gasteiger partial charge in [-0.1, -0.05) is 0 Å². The summed E-state index contributed by atoms with van der Waals surface area (Å²) in [7, 11) is 1.63. The van der Waals surface area contributed by atoms with Gasteiger partial charge in [0, 0.05) is 10.6 Å². The molecule has 0 radical (unpaired) electrons. The van der Waals surface area contributed by atoms with Gasteiger partial charge in [-0.3, -0.25) is 0 Å². The number of carboxylic acid groups (broad SMARTS) is 1. The van der Waals surface area contributed by atoms with Gasteiger partial charge < -0.3 is 15.0 Å². The Balaban J connectivity index is 2.21. The van der Waals surface area contributed by atoms with E-state index in [1.54, 1.807) is 13.1 Å². The van der Waals surface area contributed by atoms with Gasteiger partial charge in [-0.2, -0.15) is 0 Å². The van der Waals surface area contributed by atoms with Crippen molar-refractivity contribution in [2.45, 2.75) is 0 Å². The average molecular weight is 429 g/mol. The summed E-state index contributed by atoms with van der Waals surface area (Å²) in [5.41, 5.74) is -0.262. The highest BCUT2D eigenvalue weighted by Crippen LogP contribution is 2.31. The molecule has 0 saturated heterocycles. The summed E-state index contributed by atoms with van der Waals surface area (Å²) in [5.74, 6) is -2.76. The maximum absolute atomic E-state index is 14.7. The van der Waals surface area contributed by atoms with Crippen LogP contribution in [0.1, 0.15) is 10.4 Å². The molecule has 118 valence electrons. The lowest BCUT2D eigenvalue weighted by Crippen LogP contribution is -2.07. The summed E-state index contributed by atoms with van der Waals surface area (Å²) in [6.45, 7) is 0. The highest BCUT2D eigenvalue weighted by atomic mass is 127. The molecule has 1 heterocycles. The van der Waals surface area contributed by atoms with Gasteiger partial charge in [0.05, 0.1) is 28.8 Å². The molecule has 0 amide bonds. The lowest BCUT2D eigenvalue weighted by molar-refractivity contribution is 0.0697. The molecular formula is C15H10F2IN3O2. The predicted molar refractivity (Wildman–Crippen MR) is 90.0 cm³/mol. The topological polar surface area (TPSA) is 67.2 Å². The number of carbonyl (C=O) groups is 1. The minimum atomic E-state index is -1.32. The number of benzene rings is 2. The van der Waals surface area contributed by atoms with Crippen molar-refractivity contribution in [3.63, 3.8) is 0 Å². The van der Waals surface area contributed by atoms with Crippen molar-refractivity contribution in [3.05, 3.63) is 51.4 Å². The third-order valence-corrected chi connectivity index (χ3v) is 4.05. The van der Waals surface area contributed by atoms with Crippen LogP contribution in [0.3, 0.4) is 0 Å². The molecule has 2 aromatic carbocycles. The van der Waals surface area contributed by atoms with E-state index in [2.05, 4.69) is 10.3 Å². The molecule has 0 atom stereocenters. The molecule has 0 saturated carbocycles. The fraction of sp³-hybridized carbons (Fsp3) is 0.0667. The van der Waals surface area contributed by atoms with Crippen LogP contribution in [0.15, 0.2) is 30.6 Å². The number of aromatic carboxylic acids is 1. The smallest absolute Gasteiger partial charge is 0.338 e. The third kappa shape index (κ3) is 2.74. The number of hydrogen-bond acceptors (Lipinski definition) is 3. The van der Waals surface area contributed by atoms with Gasteiger partial charge in [0.25, 0.3) is 0 Å². The van der Waals surface area contributed by atoms with Crippen LogP contribution in [0.25, 0.3) is 11.0 Å². The van der Waals surface area contributed by atoms with Crippen molar-refractivity contribution in [1.82, 2.24) is 9.55 Å². The van der Waals surface area contributed by atoms with Gasteiger partial charge in [-0.25, -0.2) is 18.6 Å². The lowest BCUT2D eigenvalue weighted by atomic mass is 10.1. The van der Waals surface area contributed by atoms with Gasteiger partial charge in [-0.05, 0) is 46.9 Å². The number of hydrogen-bond donors (Lipinski definition) is 2. The van der Waals surface area contributed by atoms with E-state index in [1.807, 2.05) is 22.6 Å². The lowest BCUT2D eigenvalue weighted by Gasteiger charge is -2.12. The Morgan fingerprint density at radius 1 is 1.35 bits per heavy atom. The molecule has 0 spiro atoms. The molecule has 3 aromatic rings. The van der Waals surface area contributed by atoms with E-state index in [0.717, 1.165) is 0 Å². The third-order valence-electron chi connectivity index (χ3n) is 3.38. The molecule has 5 nitrogen and oxygen atoms in total. The first-order valence-corrected chi connectivity index (χ1v) is 7.55. The normalized spacial score (nSPS) is 11.0.